The molecule has 0 heterocycles. The Morgan fingerprint density at radius 2 is 1.90 bits per heavy atom. The highest BCUT2D eigenvalue weighted by molar-refractivity contribution is 7.89. The van der Waals surface area contributed by atoms with Gasteiger partial charge in [0.2, 0.25) is 10.0 Å². The molecule has 4 nitrogen and oxygen atoms in total. The summed E-state index contributed by atoms with van der Waals surface area (Å²) < 4.78 is 27.3. The van der Waals surface area contributed by atoms with Gasteiger partial charge in [-0.15, -0.1) is 0 Å². The molecule has 2 aliphatic rings. The lowest BCUT2D eigenvalue weighted by Crippen LogP contribution is -2.31. The summed E-state index contributed by atoms with van der Waals surface area (Å²) in [7, 11) is -1.55. The SMILES string of the molecule is CNc1ccc(S(=O)(=O)NCC2CC3CCC2C3)cc1. The molecule has 1 aromatic rings. The van der Waals surface area contributed by atoms with E-state index in [0.29, 0.717) is 17.4 Å². The van der Waals surface area contributed by atoms with E-state index in [-0.39, 0.29) is 0 Å². The van der Waals surface area contributed by atoms with Gasteiger partial charge >= 0.3 is 0 Å². The fraction of sp³-hybridized carbons (Fsp3) is 0.600. The van der Waals surface area contributed by atoms with Crippen molar-refractivity contribution in [3.63, 3.8) is 0 Å². The first kappa shape index (κ1) is 13.9. The van der Waals surface area contributed by atoms with Gasteiger partial charge < -0.3 is 5.32 Å². The van der Waals surface area contributed by atoms with Gasteiger partial charge in [-0.1, -0.05) is 6.42 Å². The van der Waals surface area contributed by atoms with Crippen LogP contribution in [0.15, 0.2) is 29.2 Å². The second-order valence-corrected chi connectivity index (χ2v) is 7.83. The van der Waals surface area contributed by atoms with E-state index in [1.54, 1.807) is 24.3 Å². The maximum atomic E-state index is 12.3. The molecule has 110 valence electrons. The average Bonchev–Trinajstić information content (AvgIpc) is 3.08. The van der Waals surface area contributed by atoms with Crippen LogP contribution in [0.5, 0.6) is 0 Å². The van der Waals surface area contributed by atoms with Gasteiger partial charge in [-0.3, -0.25) is 0 Å². The van der Waals surface area contributed by atoms with Gasteiger partial charge in [-0.2, -0.15) is 0 Å². The summed E-state index contributed by atoms with van der Waals surface area (Å²) in [6.45, 7) is 0.595. The third-order valence-electron chi connectivity index (χ3n) is 4.87. The summed E-state index contributed by atoms with van der Waals surface area (Å²) in [5.41, 5.74) is 0.914. The Bertz CT molecular complexity index is 568. The normalized spacial score (nSPS) is 28.8. The Morgan fingerprint density at radius 3 is 2.45 bits per heavy atom. The summed E-state index contributed by atoms with van der Waals surface area (Å²) in [6, 6.07) is 6.86. The van der Waals surface area contributed by atoms with Crippen molar-refractivity contribution < 1.29 is 8.42 Å². The van der Waals surface area contributed by atoms with Crippen molar-refractivity contribution in [2.75, 3.05) is 18.9 Å². The maximum Gasteiger partial charge on any atom is 0.240 e. The second kappa shape index (κ2) is 5.37. The van der Waals surface area contributed by atoms with E-state index in [4.69, 9.17) is 0 Å². The standard InChI is InChI=1S/C15H22N2O2S/c1-16-14-4-6-15(7-5-14)20(18,19)17-10-13-9-11-2-3-12(13)8-11/h4-7,11-13,16-17H,2-3,8-10H2,1H3. The van der Waals surface area contributed by atoms with E-state index >= 15 is 0 Å². The number of nitrogens with one attached hydrogen (secondary N) is 2. The predicted octanol–water partition coefficient (Wildman–Crippen LogP) is 2.44. The zero-order valence-electron chi connectivity index (χ0n) is 11.8. The van der Waals surface area contributed by atoms with Crippen LogP contribution < -0.4 is 10.0 Å². The molecule has 1 aromatic carbocycles. The van der Waals surface area contributed by atoms with E-state index in [0.717, 1.165) is 17.5 Å². The van der Waals surface area contributed by atoms with Crippen molar-refractivity contribution in [1.82, 2.24) is 4.72 Å². The van der Waals surface area contributed by atoms with Gasteiger partial charge in [0.15, 0.2) is 0 Å². The highest BCUT2D eigenvalue weighted by Crippen LogP contribution is 2.48. The first-order valence-corrected chi connectivity index (χ1v) is 8.84. The molecule has 2 bridgehead atoms. The molecule has 0 amide bonds. The Morgan fingerprint density at radius 1 is 1.15 bits per heavy atom. The fourth-order valence-electron chi connectivity index (χ4n) is 3.73. The van der Waals surface area contributed by atoms with E-state index in [2.05, 4.69) is 10.0 Å². The summed E-state index contributed by atoms with van der Waals surface area (Å²) >= 11 is 0. The van der Waals surface area contributed by atoms with Crippen LogP contribution in [0.2, 0.25) is 0 Å². The van der Waals surface area contributed by atoms with E-state index in [1.807, 2.05) is 7.05 Å². The fourth-order valence-corrected chi connectivity index (χ4v) is 4.82. The molecule has 3 atom stereocenters. The third-order valence-corrected chi connectivity index (χ3v) is 6.31. The molecule has 3 rings (SSSR count). The predicted molar refractivity (Wildman–Crippen MR) is 80.1 cm³/mol. The van der Waals surface area contributed by atoms with Crippen LogP contribution in [0.25, 0.3) is 0 Å². The largest absolute Gasteiger partial charge is 0.388 e. The van der Waals surface area contributed by atoms with Crippen LogP contribution in [0.1, 0.15) is 25.7 Å². The Balaban J connectivity index is 1.63. The van der Waals surface area contributed by atoms with Crippen LogP contribution in [0, 0.1) is 17.8 Å². The Hall–Kier alpha value is -1.07. The summed E-state index contributed by atoms with van der Waals surface area (Å²) in [4.78, 5) is 0.347. The van der Waals surface area contributed by atoms with Crippen LogP contribution in [-0.2, 0) is 10.0 Å². The number of rotatable bonds is 5. The van der Waals surface area contributed by atoms with Crippen LogP contribution in [0.4, 0.5) is 5.69 Å². The zero-order valence-corrected chi connectivity index (χ0v) is 12.6. The number of sulfonamides is 1. The quantitative estimate of drug-likeness (QED) is 0.877. The molecule has 2 N–H and O–H groups in total. The molecule has 0 aliphatic heterocycles. The van der Waals surface area contributed by atoms with Gasteiger partial charge in [0, 0.05) is 19.3 Å². The third kappa shape index (κ3) is 2.69. The molecular weight excluding hydrogens is 272 g/mol. The zero-order chi connectivity index (χ0) is 14.2. The van der Waals surface area contributed by atoms with E-state index in [1.165, 1.54) is 25.7 Å². The minimum Gasteiger partial charge on any atom is -0.388 e. The highest BCUT2D eigenvalue weighted by atomic mass is 32.2. The maximum absolute atomic E-state index is 12.3. The number of hydrogen-bond acceptors (Lipinski definition) is 3. The molecule has 2 saturated carbocycles. The van der Waals surface area contributed by atoms with Crippen LogP contribution >= 0.6 is 0 Å². The second-order valence-electron chi connectivity index (χ2n) is 6.06. The molecule has 3 unspecified atom stereocenters. The minimum absolute atomic E-state index is 0.347. The van der Waals surface area contributed by atoms with Gasteiger partial charge in [0.05, 0.1) is 4.90 Å². The van der Waals surface area contributed by atoms with Gasteiger partial charge in [0.1, 0.15) is 0 Å². The molecule has 20 heavy (non-hydrogen) atoms. The summed E-state index contributed by atoms with van der Waals surface area (Å²) in [5, 5.41) is 2.99. The molecule has 0 saturated heterocycles. The molecule has 2 aliphatic carbocycles. The number of hydrogen-bond donors (Lipinski definition) is 2. The lowest BCUT2D eigenvalue weighted by atomic mass is 9.89. The molecule has 2 fully saturated rings. The summed E-state index contributed by atoms with van der Waals surface area (Å²) in [6.07, 6.45) is 5.14. The molecule has 0 aromatic heterocycles. The smallest absolute Gasteiger partial charge is 0.240 e. The first-order chi connectivity index (χ1) is 9.58. The number of fused-ring (bicyclic) bond motifs is 2. The van der Waals surface area contributed by atoms with Crippen molar-refractivity contribution >= 4 is 15.7 Å². The minimum atomic E-state index is -3.37. The monoisotopic (exact) mass is 294 g/mol. The van der Waals surface area contributed by atoms with Crippen molar-refractivity contribution in [2.24, 2.45) is 17.8 Å². The molecule has 5 heteroatoms. The van der Waals surface area contributed by atoms with Crippen LogP contribution in [0.3, 0.4) is 0 Å². The number of anilines is 1. The van der Waals surface area contributed by atoms with Crippen molar-refractivity contribution in [3.05, 3.63) is 24.3 Å². The summed E-state index contributed by atoms with van der Waals surface area (Å²) in [5.74, 6) is 2.14. The van der Waals surface area contributed by atoms with E-state index in [9.17, 15) is 8.42 Å². The van der Waals surface area contributed by atoms with Crippen molar-refractivity contribution in [1.29, 1.82) is 0 Å². The van der Waals surface area contributed by atoms with Gasteiger partial charge in [-0.05, 0) is 61.3 Å². The van der Waals surface area contributed by atoms with Gasteiger partial charge in [-0.25, -0.2) is 13.1 Å². The van der Waals surface area contributed by atoms with Crippen LogP contribution in [-0.4, -0.2) is 22.0 Å². The molecule has 0 spiro atoms. The van der Waals surface area contributed by atoms with Crippen molar-refractivity contribution in [2.45, 2.75) is 30.6 Å². The highest BCUT2D eigenvalue weighted by Gasteiger charge is 2.39. The van der Waals surface area contributed by atoms with E-state index < -0.39 is 10.0 Å². The Kier molecular flexibility index (Phi) is 3.73. The average molecular weight is 294 g/mol. The first-order valence-electron chi connectivity index (χ1n) is 7.36. The van der Waals surface area contributed by atoms with Gasteiger partial charge in [0.25, 0.3) is 0 Å². The number of benzene rings is 1. The lowest BCUT2D eigenvalue weighted by molar-refractivity contribution is 0.333. The topological polar surface area (TPSA) is 58.2 Å². The Labute approximate surface area is 121 Å². The molecule has 0 radical (unpaired) electrons. The molecular formula is C15H22N2O2S. The lowest BCUT2D eigenvalue weighted by Gasteiger charge is -2.21. The van der Waals surface area contributed by atoms with Crippen molar-refractivity contribution in [3.8, 4) is 0 Å².